The first-order valence-electron chi connectivity index (χ1n) is 10.5. The lowest BCUT2D eigenvalue weighted by Crippen LogP contribution is -2.18. The van der Waals surface area contributed by atoms with Crippen molar-refractivity contribution < 1.29 is 32.6 Å². The van der Waals surface area contributed by atoms with Crippen molar-refractivity contribution in [2.45, 2.75) is 44.3 Å². The standard InChI is InChI=1S/C23H25N3O7S2/c1-13(2)32-20-9-15(22(29)26-23-24-16(12-34-23)11-19(28)14(3)27)10-21(25-20)33-17-5-7-18(8-6-17)35(4,30)31/h5-10,12-14,27H,11H2,1-4H3,(H,24,26,29). The van der Waals surface area contributed by atoms with Crippen LogP contribution in [0.5, 0.6) is 17.5 Å². The number of nitrogens with zero attached hydrogens (tertiary/aromatic N) is 2. The van der Waals surface area contributed by atoms with Crippen molar-refractivity contribution in [3.05, 3.63) is 53.0 Å². The van der Waals surface area contributed by atoms with Crippen LogP contribution in [-0.2, 0) is 21.1 Å². The molecule has 2 N–H and O–H groups in total. The lowest BCUT2D eigenvalue weighted by atomic mass is 10.1. The summed E-state index contributed by atoms with van der Waals surface area (Å²) in [6, 6.07) is 8.67. The summed E-state index contributed by atoms with van der Waals surface area (Å²) >= 11 is 1.15. The molecule has 10 nitrogen and oxygen atoms in total. The Morgan fingerprint density at radius 3 is 2.34 bits per heavy atom. The molecule has 2 aromatic heterocycles. The highest BCUT2D eigenvalue weighted by Crippen LogP contribution is 2.26. The fourth-order valence-electron chi connectivity index (χ4n) is 2.78. The molecule has 3 rings (SSSR count). The largest absolute Gasteiger partial charge is 0.475 e. The highest BCUT2D eigenvalue weighted by atomic mass is 32.2. The van der Waals surface area contributed by atoms with Crippen LogP contribution in [0.2, 0.25) is 0 Å². The summed E-state index contributed by atoms with van der Waals surface area (Å²) in [5.74, 6) is -0.309. The van der Waals surface area contributed by atoms with Gasteiger partial charge in [-0.2, -0.15) is 4.98 Å². The highest BCUT2D eigenvalue weighted by molar-refractivity contribution is 7.90. The van der Waals surface area contributed by atoms with E-state index in [9.17, 15) is 23.1 Å². The number of aliphatic hydroxyl groups is 1. The molecule has 0 bridgehead atoms. The summed E-state index contributed by atoms with van der Waals surface area (Å²) in [6.45, 7) is 5.01. The van der Waals surface area contributed by atoms with Crippen molar-refractivity contribution in [2.24, 2.45) is 0 Å². The lowest BCUT2D eigenvalue weighted by molar-refractivity contribution is -0.125. The quantitative estimate of drug-likeness (QED) is 0.412. The Balaban J connectivity index is 1.81. The number of thiazole rings is 1. The zero-order valence-corrected chi connectivity index (χ0v) is 21.1. The summed E-state index contributed by atoms with van der Waals surface area (Å²) in [5.41, 5.74) is 0.631. The predicted molar refractivity (Wildman–Crippen MR) is 130 cm³/mol. The van der Waals surface area contributed by atoms with Gasteiger partial charge in [-0.25, -0.2) is 13.4 Å². The molecule has 186 valence electrons. The molecule has 0 saturated carbocycles. The van der Waals surface area contributed by atoms with E-state index in [2.05, 4.69) is 15.3 Å². The molecule has 35 heavy (non-hydrogen) atoms. The second-order valence-electron chi connectivity index (χ2n) is 7.96. The number of hydrogen-bond donors (Lipinski definition) is 2. The number of benzene rings is 1. The Morgan fingerprint density at radius 1 is 1.09 bits per heavy atom. The van der Waals surface area contributed by atoms with Crippen LogP contribution in [0.3, 0.4) is 0 Å². The summed E-state index contributed by atoms with van der Waals surface area (Å²) in [4.78, 5) is 33.2. The number of amides is 1. The first-order chi connectivity index (χ1) is 16.4. The Kier molecular flexibility index (Phi) is 8.20. The van der Waals surface area contributed by atoms with Crippen LogP contribution in [0.4, 0.5) is 5.13 Å². The van der Waals surface area contributed by atoms with E-state index in [1.807, 2.05) is 13.8 Å². The fourth-order valence-corrected chi connectivity index (χ4v) is 4.12. The van der Waals surface area contributed by atoms with Crippen molar-refractivity contribution in [2.75, 3.05) is 11.6 Å². The lowest BCUT2D eigenvalue weighted by Gasteiger charge is -2.13. The molecule has 1 unspecified atom stereocenters. The van der Waals surface area contributed by atoms with Crippen LogP contribution in [0.15, 0.2) is 46.7 Å². The number of sulfone groups is 1. The number of rotatable bonds is 10. The molecule has 1 atom stereocenters. The third-order valence-corrected chi connectivity index (χ3v) is 6.40. The minimum absolute atomic E-state index is 0.0399. The van der Waals surface area contributed by atoms with Gasteiger partial charge in [0.2, 0.25) is 11.8 Å². The number of carbonyl (C=O) groups is 2. The van der Waals surface area contributed by atoms with E-state index in [0.29, 0.717) is 11.4 Å². The molecule has 0 radical (unpaired) electrons. The van der Waals surface area contributed by atoms with Crippen molar-refractivity contribution >= 4 is 38.0 Å². The van der Waals surface area contributed by atoms with Crippen LogP contribution >= 0.6 is 11.3 Å². The van der Waals surface area contributed by atoms with Gasteiger partial charge in [-0.1, -0.05) is 0 Å². The SMILES string of the molecule is CC(C)Oc1cc(C(=O)Nc2nc(CC(=O)C(C)O)cs2)cc(Oc2ccc(S(C)(=O)=O)cc2)n1. The van der Waals surface area contributed by atoms with E-state index in [-0.39, 0.29) is 45.7 Å². The second kappa shape index (κ2) is 10.9. The fraction of sp³-hybridized carbons (Fsp3) is 0.304. The average molecular weight is 520 g/mol. The Hall–Kier alpha value is -3.35. The maximum absolute atomic E-state index is 12.9. The molecular formula is C23H25N3O7S2. The summed E-state index contributed by atoms with van der Waals surface area (Å²) < 4.78 is 34.7. The van der Waals surface area contributed by atoms with E-state index in [1.54, 1.807) is 5.38 Å². The van der Waals surface area contributed by atoms with Crippen molar-refractivity contribution in [1.29, 1.82) is 0 Å². The third-order valence-electron chi connectivity index (χ3n) is 4.46. The van der Waals surface area contributed by atoms with Crippen molar-refractivity contribution in [3.8, 4) is 17.5 Å². The summed E-state index contributed by atoms with van der Waals surface area (Å²) in [7, 11) is -3.35. The normalized spacial score (nSPS) is 12.3. The molecule has 3 aromatic rings. The average Bonchev–Trinajstić information content (AvgIpc) is 3.19. The van der Waals surface area contributed by atoms with Crippen molar-refractivity contribution in [3.63, 3.8) is 0 Å². The van der Waals surface area contributed by atoms with Crippen LogP contribution in [0.1, 0.15) is 36.8 Å². The van der Waals surface area contributed by atoms with Crippen LogP contribution in [0, 0.1) is 0 Å². The topological polar surface area (TPSA) is 145 Å². The number of anilines is 1. The van der Waals surface area contributed by atoms with E-state index in [0.717, 1.165) is 17.6 Å². The smallest absolute Gasteiger partial charge is 0.257 e. The van der Waals surface area contributed by atoms with Crippen LogP contribution < -0.4 is 14.8 Å². The van der Waals surface area contributed by atoms with Gasteiger partial charge in [0, 0.05) is 23.8 Å². The van der Waals surface area contributed by atoms with E-state index in [1.165, 1.54) is 43.3 Å². The third kappa shape index (κ3) is 7.57. The number of aromatic nitrogens is 2. The van der Waals surface area contributed by atoms with Gasteiger partial charge in [0.25, 0.3) is 5.91 Å². The number of Topliss-reactive ketones (excluding diaryl/α,β-unsaturated/α-hetero) is 1. The maximum atomic E-state index is 12.9. The molecule has 0 saturated heterocycles. The number of aliphatic hydroxyl groups excluding tert-OH is 1. The number of nitrogens with one attached hydrogen (secondary N) is 1. The van der Waals surface area contributed by atoms with Crippen LogP contribution in [0.25, 0.3) is 0 Å². The zero-order valence-electron chi connectivity index (χ0n) is 19.5. The zero-order chi connectivity index (χ0) is 25.8. The number of carbonyl (C=O) groups excluding carboxylic acids is 2. The second-order valence-corrected chi connectivity index (χ2v) is 10.8. The van der Waals surface area contributed by atoms with Gasteiger partial charge in [-0.05, 0) is 45.0 Å². The highest BCUT2D eigenvalue weighted by Gasteiger charge is 2.17. The Labute approximate surface area is 206 Å². The first-order valence-corrected chi connectivity index (χ1v) is 13.3. The Morgan fingerprint density at radius 2 is 1.74 bits per heavy atom. The number of ketones is 1. The molecule has 0 fully saturated rings. The van der Waals surface area contributed by atoms with Gasteiger partial charge >= 0.3 is 0 Å². The molecule has 1 amide bonds. The van der Waals surface area contributed by atoms with E-state index >= 15 is 0 Å². The molecule has 0 aliphatic heterocycles. The van der Waals surface area contributed by atoms with Gasteiger partial charge in [0.1, 0.15) is 11.9 Å². The van der Waals surface area contributed by atoms with Gasteiger partial charge in [0.15, 0.2) is 20.8 Å². The summed E-state index contributed by atoms with van der Waals surface area (Å²) in [5, 5.41) is 13.9. The Bertz CT molecular complexity index is 1320. The van der Waals surface area contributed by atoms with Crippen molar-refractivity contribution in [1.82, 2.24) is 9.97 Å². The number of pyridine rings is 1. The minimum Gasteiger partial charge on any atom is -0.475 e. The van der Waals surface area contributed by atoms with Gasteiger partial charge in [0.05, 0.1) is 28.7 Å². The molecular weight excluding hydrogens is 494 g/mol. The van der Waals surface area contributed by atoms with Gasteiger partial charge in [-0.3, -0.25) is 14.9 Å². The van der Waals surface area contributed by atoms with Crippen LogP contribution in [-0.4, -0.2) is 53.6 Å². The molecule has 0 aliphatic carbocycles. The summed E-state index contributed by atoms with van der Waals surface area (Å²) in [6.07, 6.45) is -0.233. The molecule has 2 heterocycles. The first kappa shape index (κ1) is 26.3. The van der Waals surface area contributed by atoms with Gasteiger partial charge < -0.3 is 14.6 Å². The minimum atomic E-state index is -3.35. The maximum Gasteiger partial charge on any atom is 0.257 e. The van der Waals surface area contributed by atoms with Gasteiger partial charge in [-0.15, -0.1) is 11.3 Å². The molecule has 12 heteroatoms. The van der Waals surface area contributed by atoms with E-state index < -0.39 is 21.8 Å². The monoisotopic (exact) mass is 519 g/mol. The molecule has 0 aliphatic rings. The molecule has 1 aromatic carbocycles. The number of hydrogen-bond acceptors (Lipinski definition) is 10. The number of ether oxygens (including phenoxy) is 2. The molecule has 0 spiro atoms. The van der Waals surface area contributed by atoms with E-state index in [4.69, 9.17) is 9.47 Å². The predicted octanol–water partition coefficient (Wildman–Crippen LogP) is 3.27.